The van der Waals surface area contributed by atoms with E-state index in [4.69, 9.17) is 61.6 Å². The molecule has 105 heavy (non-hydrogen) atoms. The van der Waals surface area contributed by atoms with E-state index in [2.05, 4.69) is 26.6 Å². The number of aliphatic hydroxyl groups excluding tert-OH is 20. The smallest absolute Gasteiger partial charge is 0.364 e. The first kappa shape index (κ1) is 87.2. The molecule has 7 heterocycles. The van der Waals surface area contributed by atoms with E-state index in [9.17, 15) is 146 Å². The third-order valence-corrected chi connectivity index (χ3v) is 18.5. The van der Waals surface area contributed by atoms with Gasteiger partial charge in [0, 0.05) is 47.5 Å². The third kappa shape index (κ3) is 19.6. The fraction of sp³-hybridized carbons (Fsp3) is 0.879. The van der Waals surface area contributed by atoms with Gasteiger partial charge in [-0.1, -0.05) is 0 Å². The molecule has 7 rings (SSSR count). The Balaban J connectivity index is 1.10. The summed E-state index contributed by atoms with van der Waals surface area (Å²) in [4.78, 5) is 88.9. The van der Waals surface area contributed by atoms with Gasteiger partial charge in [-0.25, -0.2) is 9.59 Å². The summed E-state index contributed by atoms with van der Waals surface area (Å²) < 4.78 is 75.4. The molecule has 37 atom stereocenters. The van der Waals surface area contributed by atoms with Gasteiger partial charge >= 0.3 is 11.9 Å². The highest BCUT2D eigenvalue weighted by Gasteiger charge is 2.64. The molecule has 0 saturated carbocycles. The van der Waals surface area contributed by atoms with Gasteiger partial charge in [0.2, 0.25) is 29.5 Å². The van der Waals surface area contributed by atoms with Crippen molar-refractivity contribution in [3.8, 4) is 0 Å². The number of carbonyl (C=O) groups is 7. The normalized spacial score (nSPS) is 43.6. The van der Waals surface area contributed by atoms with Gasteiger partial charge < -0.3 is 201 Å². The maximum atomic E-state index is 13.1. The number of carbonyl (C=O) groups excluding carboxylic acids is 5. The number of rotatable bonds is 30. The van der Waals surface area contributed by atoms with E-state index in [0.29, 0.717) is 0 Å². The van der Waals surface area contributed by atoms with Crippen LogP contribution in [0.1, 0.15) is 47.5 Å². The van der Waals surface area contributed by atoms with Gasteiger partial charge in [0.1, 0.15) is 159 Å². The summed E-state index contributed by atoms with van der Waals surface area (Å²) in [7, 11) is 0. The predicted octanol–water partition coefficient (Wildman–Crippen LogP) is -17.1. The number of nitrogens with one attached hydrogen (secondary N) is 5. The second-order valence-electron chi connectivity index (χ2n) is 26.1. The highest BCUT2D eigenvalue weighted by Crippen LogP contribution is 2.42. The number of hydrogen-bond acceptors (Lipinski definition) is 40. The lowest BCUT2D eigenvalue weighted by Crippen LogP contribution is -2.71. The number of hydrogen-bond donors (Lipinski definition) is 27. The monoisotopic (exact) mass is 1530 g/mol. The molecule has 5 amide bonds. The zero-order chi connectivity index (χ0) is 78.3. The van der Waals surface area contributed by atoms with Crippen molar-refractivity contribution in [2.45, 2.75) is 273 Å². The second kappa shape index (κ2) is 37.1. The van der Waals surface area contributed by atoms with Crippen LogP contribution >= 0.6 is 0 Å². The lowest BCUT2D eigenvalue weighted by atomic mass is 9.88. The fourth-order valence-electron chi connectivity index (χ4n) is 13.3. The summed E-state index contributed by atoms with van der Waals surface area (Å²) in [5.74, 6) is -15.2. The van der Waals surface area contributed by atoms with Crippen molar-refractivity contribution in [2.24, 2.45) is 0 Å². The molecule has 7 saturated heterocycles. The van der Waals surface area contributed by atoms with Gasteiger partial charge in [0.05, 0.1) is 70.5 Å². The van der Waals surface area contributed by atoms with Crippen molar-refractivity contribution >= 4 is 41.5 Å². The maximum absolute atomic E-state index is 13.1. The first-order chi connectivity index (χ1) is 49.3. The maximum Gasteiger partial charge on any atom is 0.364 e. The molecular weight excluding hydrogens is 1440 g/mol. The molecule has 0 radical (unpaired) electrons. The Bertz CT molecular complexity index is 2900. The van der Waals surface area contributed by atoms with Crippen LogP contribution in [0.5, 0.6) is 0 Å². The number of ether oxygens (including phenoxy) is 13. The van der Waals surface area contributed by atoms with Crippen molar-refractivity contribution in [3.63, 3.8) is 0 Å². The Morgan fingerprint density at radius 2 is 0.714 bits per heavy atom. The molecule has 0 aromatic rings. The second-order valence-corrected chi connectivity index (χ2v) is 26.1. The van der Waals surface area contributed by atoms with Gasteiger partial charge in [0.15, 0.2) is 31.5 Å². The Labute approximate surface area is 593 Å². The minimum atomic E-state index is -3.25. The molecule has 7 aliphatic rings. The Kier molecular flexibility index (Phi) is 30.8. The zero-order valence-electron chi connectivity index (χ0n) is 56.6. The number of carboxylic acid groups (broad SMARTS) is 2. The highest BCUT2D eigenvalue weighted by molar-refractivity contribution is 5.78. The SMILES string of the molecule is CC(=O)N[C@@H]1[C@@H](O[C@@H]2O[C@H](CO)[C@@H](O[C@@H]3O[C@H](CO)[C@H](O)[C@H](O[C@]4(C(=O)O)C[C@H](O)[C@@H](NC(C)=O)[C@H]([C@H](O)[C@H](O)CO)O4)[C@H]3O)[C@H](O)[C@H]2NC(C)=O)[C@@H](O)[C@@H](CO[C@@H]2O[C@H](CO)[C@@H](O[C@@H]3O[C@H](CO)[C@H](O)[C@H](O[C@]4(C(=O)O)C[C@H](O)[C@@H](NC(C)=O)[C@H]([C@H](O)[C@H](O)CO)O4)[C@H]3O)[C@H](O)[C@H]2NC(C)=O)O[C@H]1O. The van der Waals surface area contributed by atoms with Crippen LogP contribution in [0.2, 0.25) is 0 Å². The summed E-state index contributed by atoms with van der Waals surface area (Å²) in [5, 5.41) is 253. The van der Waals surface area contributed by atoms with Crippen LogP contribution < -0.4 is 26.6 Å². The van der Waals surface area contributed by atoms with Crippen LogP contribution in [-0.2, 0) is 95.1 Å². The van der Waals surface area contributed by atoms with Crippen LogP contribution in [0.3, 0.4) is 0 Å². The largest absolute Gasteiger partial charge is 0.477 e. The van der Waals surface area contributed by atoms with Crippen molar-refractivity contribution < 1.29 is 207 Å². The number of aliphatic carboxylic acids is 2. The Hall–Kier alpha value is -5.03. The summed E-state index contributed by atoms with van der Waals surface area (Å²) >= 11 is 0. The van der Waals surface area contributed by atoms with Crippen LogP contribution in [0.4, 0.5) is 0 Å². The van der Waals surface area contributed by atoms with Crippen LogP contribution in [0.25, 0.3) is 0 Å². The molecule has 0 aromatic carbocycles. The van der Waals surface area contributed by atoms with Crippen LogP contribution in [0, 0.1) is 0 Å². The van der Waals surface area contributed by atoms with E-state index in [-0.39, 0.29) is 0 Å². The highest BCUT2D eigenvalue weighted by atomic mass is 16.8. The van der Waals surface area contributed by atoms with Crippen LogP contribution in [-0.4, -0.2) is 426 Å². The minimum Gasteiger partial charge on any atom is -0.477 e. The van der Waals surface area contributed by atoms with Gasteiger partial charge in [-0.15, -0.1) is 0 Å². The van der Waals surface area contributed by atoms with E-state index < -0.39 is 326 Å². The molecule has 0 aromatic heterocycles. The molecule has 0 aliphatic carbocycles. The molecular formula is C58H95N5O42. The first-order valence-corrected chi connectivity index (χ1v) is 32.9. The van der Waals surface area contributed by atoms with E-state index in [1.54, 1.807) is 0 Å². The van der Waals surface area contributed by atoms with E-state index >= 15 is 0 Å². The van der Waals surface area contributed by atoms with E-state index in [1.807, 2.05) is 0 Å². The Morgan fingerprint density at radius 1 is 0.390 bits per heavy atom. The predicted molar refractivity (Wildman–Crippen MR) is 324 cm³/mol. The molecule has 0 spiro atoms. The molecule has 7 aliphatic heterocycles. The van der Waals surface area contributed by atoms with Crippen molar-refractivity contribution in [2.75, 3.05) is 46.2 Å². The van der Waals surface area contributed by atoms with Gasteiger partial charge in [-0.2, -0.15) is 0 Å². The molecule has 0 unspecified atom stereocenters. The molecule has 7 fully saturated rings. The summed E-state index contributed by atoms with van der Waals surface area (Å²) in [6.45, 7) is -3.27. The third-order valence-electron chi connectivity index (χ3n) is 18.5. The molecule has 47 nitrogen and oxygen atoms in total. The van der Waals surface area contributed by atoms with Crippen molar-refractivity contribution in [1.29, 1.82) is 0 Å². The minimum absolute atomic E-state index is 0.850. The summed E-state index contributed by atoms with van der Waals surface area (Å²) in [5.41, 5.74) is 0. The average Bonchev–Trinajstić information content (AvgIpc) is 0.760. The molecule has 27 N–H and O–H groups in total. The fourth-order valence-corrected chi connectivity index (χ4v) is 13.3. The lowest BCUT2D eigenvalue weighted by molar-refractivity contribution is -0.386. The number of amides is 5. The van der Waals surface area contributed by atoms with E-state index in [1.165, 1.54) is 0 Å². The van der Waals surface area contributed by atoms with Crippen molar-refractivity contribution in [3.05, 3.63) is 0 Å². The topological polar surface area (TPSA) is 745 Å². The van der Waals surface area contributed by atoms with Gasteiger partial charge in [-0.3, -0.25) is 24.0 Å². The zero-order valence-corrected chi connectivity index (χ0v) is 56.6. The molecule has 47 heteroatoms. The van der Waals surface area contributed by atoms with Crippen molar-refractivity contribution in [1.82, 2.24) is 26.6 Å². The first-order valence-electron chi connectivity index (χ1n) is 32.9. The quantitative estimate of drug-likeness (QED) is 0.0318. The van der Waals surface area contributed by atoms with Gasteiger partial charge in [-0.05, 0) is 0 Å². The average molecular weight is 1530 g/mol. The Morgan fingerprint density at radius 3 is 1.07 bits per heavy atom. The standard InChI is InChI=1S/C58H95N5O42/c1-15(70)59-29-20(75)6-57(55(89)90,102-46(29)34(79)22(77)8-64)104-48-36(81)24(10-66)95-53(41(48)86)99-43-26(12-68)97-51(31(39(43)84)61-17(3)72)93-14-28-38(83)45(33(50(88)94-28)63-19(5)74)101-52-32(62-18(4)73)40(85)44(27(13-69)98-52)100-54-42(87)49(37(82)25(11-67)96-54)105-58(56(91)92)7-21(76)30(60-16(2)71)47(103-58)35(80)23(78)9-65/h20-54,64-69,75-88H,6-14H2,1-5H3,(H,59,70)(H,60,71)(H,61,72)(H,62,73)(H,63,74)(H,89,90)(H,91,92)/t20-,21-,22+,23+,24+,25+,26+,27+,28+,29+,30+,31+,32+,33+,34+,35+,36-,37-,38-,39+,40+,41+,42+,43+,44+,45+,46+,47+,48-,49-,50+,51+,52-,53-,54-,57-,58-/m0/s1. The number of carboxylic acids is 2. The summed E-state index contributed by atoms with van der Waals surface area (Å²) in [6.07, 6.45) is -66.7. The van der Waals surface area contributed by atoms with Crippen LogP contribution in [0.15, 0.2) is 0 Å². The lowest BCUT2D eigenvalue weighted by Gasteiger charge is -2.51. The van der Waals surface area contributed by atoms with E-state index in [0.717, 1.165) is 34.6 Å². The molecule has 0 bridgehead atoms. The summed E-state index contributed by atoms with van der Waals surface area (Å²) in [6, 6.07) is -9.07. The van der Waals surface area contributed by atoms with Gasteiger partial charge in [0.25, 0.3) is 11.6 Å². The molecule has 604 valence electrons. The number of aliphatic hydroxyl groups is 20.